The minimum Gasteiger partial charge on any atom is -0.496 e. The first kappa shape index (κ1) is 14.7. The maximum absolute atomic E-state index is 10.8. The van der Waals surface area contributed by atoms with Crippen molar-refractivity contribution >= 4 is 27.3 Å². The van der Waals surface area contributed by atoms with Crippen LogP contribution in [0, 0.1) is 10.1 Å². The summed E-state index contributed by atoms with van der Waals surface area (Å²) in [4.78, 5) is 10.1. The number of ether oxygens (including phenoxy) is 1. The Bertz CT molecular complexity index is 454. The van der Waals surface area contributed by atoms with Gasteiger partial charge in [-0.15, -0.1) is 0 Å². The van der Waals surface area contributed by atoms with E-state index >= 15 is 0 Å². The molecule has 0 radical (unpaired) electrons. The van der Waals surface area contributed by atoms with Crippen molar-refractivity contribution < 1.29 is 19.9 Å². The van der Waals surface area contributed by atoms with E-state index in [0.717, 1.165) is 6.07 Å². The summed E-state index contributed by atoms with van der Waals surface area (Å²) in [5.74, 6) is 0.187. The number of nitrogens with two attached hydrogens (primary N) is 1. The van der Waals surface area contributed by atoms with E-state index in [1.807, 2.05) is 0 Å². The molecule has 1 aromatic carbocycles. The van der Waals surface area contributed by atoms with E-state index in [9.17, 15) is 20.3 Å². The molecule has 7 nitrogen and oxygen atoms in total. The predicted octanol–water partition coefficient (Wildman–Crippen LogP) is 0.975. The predicted molar refractivity (Wildman–Crippen MR) is 68.8 cm³/mol. The van der Waals surface area contributed by atoms with Crippen LogP contribution in [0.2, 0.25) is 0 Å². The summed E-state index contributed by atoms with van der Waals surface area (Å²) in [6.07, 6.45) is -2.46. The minimum absolute atomic E-state index is 0.0630. The number of rotatable bonds is 5. The highest BCUT2D eigenvalue weighted by molar-refractivity contribution is 9.09. The zero-order valence-corrected chi connectivity index (χ0v) is 11.1. The van der Waals surface area contributed by atoms with E-state index in [0.29, 0.717) is 0 Å². The molecule has 0 aliphatic rings. The number of nitro groups is 1. The van der Waals surface area contributed by atoms with Crippen LogP contribution in [0.3, 0.4) is 0 Å². The number of methoxy groups -OCH3 is 1. The fourth-order valence-electron chi connectivity index (χ4n) is 1.44. The van der Waals surface area contributed by atoms with Crippen LogP contribution in [0.1, 0.15) is 11.7 Å². The van der Waals surface area contributed by atoms with Gasteiger partial charge in [-0.2, -0.15) is 0 Å². The second-order valence-corrected chi connectivity index (χ2v) is 4.22. The van der Waals surface area contributed by atoms with E-state index in [1.165, 1.54) is 13.2 Å². The summed E-state index contributed by atoms with van der Waals surface area (Å²) in [5, 5.41) is 30.3. The number of nitro benzene ring substituents is 1. The Labute approximate surface area is 111 Å². The molecular weight excluding hydrogens is 308 g/mol. The number of nitrogen functional groups attached to an aromatic ring is 1. The van der Waals surface area contributed by atoms with E-state index in [-0.39, 0.29) is 28.0 Å². The first-order chi connectivity index (χ1) is 8.42. The number of hydrogen-bond donors (Lipinski definition) is 3. The van der Waals surface area contributed by atoms with Crippen molar-refractivity contribution in [3.05, 3.63) is 27.8 Å². The molecule has 1 aromatic rings. The minimum atomic E-state index is -1.34. The Balaban J connectivity index is 3.34. The number of anilines is 1. The lowest BCUT2D eigenvalue weighted by Crippen LogP contribution is -2.21. The van der Waals surface area contributed by atoms with Crippen LogP contribution in [0.25, 0.3) is 0 Å². The molecule has 4 N–H and O–H groups in total. The number of aliphatic hydroxyl groups is 2. The van der Waals surface area contributed by atoms with Crippen LogP contribution in [0.15, 0.2) is 12.1 Å². The molecule has 2 atom stereocenters. The van der Waals surface area contributed by atoms with Crippen molar-refractivity contribution in [2.45, 2.75) is 12.2 Å². The molecule has 0 aliphatic heterocycles. The van der Waals surface area contributed by atoms with Crippen LogP contribution in [-0.4, -0.2) is 33.7 Å². The summed E-state index contributed by atoms with van der Waals surface area (Å²) in [5.41, 5.74) is 5.12. The van der Waals surface area contributed by atoms with E-state index < -0.39 is 17.1 Å². The van der Waals surface area contributed by atoms with Crippen LogP contribution >= 0.6 is 15.9 Å². The number of hydrogen-bond acceptors (Lipinski definition) is 6. The van der Waals surface area contributed by atoms with Gasteiger partial charge in [-0.1, -0.05) is 15.9 Å². The summed E-state index contributed by atoms with van der Waals surface area (Å²) < 4.78 is 4.90. The molecule has 0 aliphatic carbocycles. The van der Waals surface area contributed by atoms with Gasteiger partial charge in [0.05, 0.1) is 24.2 Å². The van der Waals surface area contributed by atoms with E-state index in [1.54, 1.807) is 0 Å². The number of halogens is 1. The number of nitrogens with zero attached hydrogens (tertiary/aromatic N) is 1. The van der Waals surface area contributed by atoms with Gasteiger partial charge in [0, 0.05) is 10.9 Å². The van der Waals surface area contributed by atoms with Crippen molar-refractivity contribution in [1.29, 1.82) is 0 Å². The monoisotopic (exact) mass is 320 g/mol. The summed E-state index contributed by atoms with van der Waals surface area (Å²) in [6.45, 7) is 0. The zero-order valence-electron chi connectivity index (χ0n) is 9.54. The van der Waals surface area contributed by atoms with Crippen molar-refractivity contribution in [3.8, 4) is 5.75 Å². The third kappa shape index (κ3) is 2.89. The molecule has 2 unspecified atom stereocenters. The summed E-state index contributed by atoms with van der Waals surface area (Å²) in [6, 6.07) is 2.52. The first-order valence-electron chi connectivity index (χ1n) is 4.96. The Morgan fingerprint density at radius 1 is 1.56 bits per heavy atom. The molecule has 0 spiro atoms. The zero-order chi connectivity index (χ0) is 13.9. The highest BCUT2D eigenvalue weighted by Gasteiger charge is 2.26. The molecule has 0 fully saturated rings. The second-order valence-electron chi connectivity index (χ2n) is 3.57. The molecule has 0 heterocycles. The molecule has 100 valence electrons. The largest absolute Gasteiger partial charge is 0.496 e. The summed E-state index contributed by atoms with van der Waals surface area (Å²) in [7, 11) is 1.34. The topological polar surface area (TPSA) is 119 Å². The number of alkyl halides is 1. The van der Waals surface area contributed by atoms with Crippen molar-refractivity contribution in [1.82, 2.24) is 0 Å². The molecule has 18 heavy (non-hydrogen) atoms. The highest BCUT2D eigenvalue weighted by Crippen LogP contribution is 2.35. The van der Waals surface area contributed by atoms with Gasteiger partial charge in [0.25, 0.3) is 5.69 Å². The fraction of sp³-hybridized carbons (Fsp3) is 0.400. The highest BCUT2D eigenvalue weighted by atomic mass is 79.9. The van der Waals surface area contributed by atoms with Crippen LogP contribution in [0.5, 0.6) is 5.75 Å². The maximum atomic E-state index is 10.8. The summed E-state index contributed by atoms with van der Waals surface area (Å²) >= 11 is 3.00. The third-order valence-electron chi connectivity index (χ3n) is 2.44. The Kier molecular flexibility index (Phi) is 4.88. The molecule has 0 aromatic heterocycles. The van der Waals surface area contributed by atoms with Gasteiger partial charge in [-0.05, 0) is 6.07 Å². The smallest absolute Gasteiger partial charge is 0.296 e. The second kappa shape index (κ2) is 5.98. The molecule has 0 amide bonds. The molecule has 1 rings (SSSR count). The van der Waals surface area contributed by atoms with Crippen molar-refractivity contribution in [2.24, 2.45) is 0 Å². The molecule has 8 heteroatoms. The molecule has 0 saturated carbocycles. The van der Waals surface area contributed by atoms with Gasteiger partial charge in [0.1, 0.15) is 17.5 Å². The molecule has 0 bridgehead atoms. The van der Waals surface area contributed by atoms with Crippen LogP contribution < -0.4 is 10.5 Å². The average molecular weight is 321 g/mol. The third-order valence-corrected chi connectivity index (χ3v) is 3.10. The standard InChI is InChI=1S/C10H13BrN2O5/c1-18-5-2-6(10(15)8(14)4-11)9(12)7(3-5)13(16)17/h2-3,8,10,14-15H,4,12H2,1H3. The quantitative estimate of drug-likeness (QED) is 0.322. The lowest BCUT2D eigenvalue weighted by atomic mass is 10.0. The number of benzene rings is 1. The van der Waals surface area contributed by atoms with Gasteiger partial charge in [-0.3, -0.25) is 10.1 Å². The number of aliphatic hydroxyl groups excluding tert-OH is 2. The molecular formula is C10H13BrN2O5. The normalized spacial score (nSPS) is 14.0. The van der Waals surface area contributed by atoms with E-state index in [2.05, 4.69) is 15.9 Å². The van der Waals surface area contributed by atoms with Crippen LogP contribution in [-0.2, 0) is 0 Å². The first-order valence-corrected chi connectivity index (χ1v) is 6.08. The lowest BCUT2D eigenvalue weighted by Gasteiger charge is -2.18. The van der Waals surface area contributed by atoms with Gasteiger partial charge < -0.3 is 20.7 Å². The lowest BCUT2D eigenvalue weighted by molar-refractivity contribution is -0.384. The Morgan fingerprint density at radius 3 is 2.61 bits per heavy atom. The van der Waals surface area contributed by atoms with E-state index in [4.69, 9.17) is 10.5 Å². The van der Waals surface area contributed by atoms with Crippen molar-refractivity contribution in [2.75, 3.05) is 18.2 Å². The van der Waals surface area contributed by atoms with Crippen molar-refractivity contribution in [3.63, 3.8) is 0 Å². The average Bonchev–Trinajstić information content (AvgIpc) is 2.36. The maximum Gasteiger partial charge on any atom is 0.296 e. The van der Waals surface area contributed by atoms with Gasteiger partial charge >= 0.3 is 0 Å². The van der Waals surface area contributed by atoms with Gasteiger partial charge in [0.15, 0.2) is 0 Å². The molecule has 0 saturated heterocycles. The van der Waals surface area contributed by atoms with Gasteiger partial charge in [-0.25, -0.2) is 0 Å². The van der Waals surface area contributed by atoms with Crippen LogP contribution in [0.4, 0.5) is 11.4 Å². The Hall–Kier alpha value is -1.38. The Morgan fingerprint density at radius 2 is 2.17 bits per heavy atom. The SMILES string of the molecule is COc1cc(C(O)C(O)CBr)c(N)c([N+](=O)[O-])c1. The fourth-order valence-corrected chi connectivity index (χ4v) is 1.79. The van der Waals surface area contributed by atoms with Gasteiger partial charge in [0.2, 0.25) is 0 Å².